The lowest BCUT2D eigenvalue weighted by Gasteiger charge is -1.99. The number of amidine groups is 1. The van der Waals surface area contributed by atoms with Crippen molar-refractivity contribution in [2.24, 2.45) is 4.99 Å². The van der Waals surface area contributed by atoms with E-state index in [0.717, 1.165) is 24.5 Å². The first-order valence-electron chi connectivity index (χ1n) is 4.64. The molecule has 1 aromatic rings. The predicted molar refractivity (Wildman–Crippen MR) is 45.8 cm³/mol. The zero-order valence-corrected chi connectivity index (χ0v) is 6.09. The van der Waals surface area contributed by atoms with Crippen molar-refractivity contribution < 1.29 is 2.74 Å². The molecule has 1 aromatic carbocycles. The molecule has 2 heteroatoms. The lowest BCUT2D eigenvalue weighted by molar-refractivity contribution is 0.960. The molecule has 0 fully saturated rings. The SMILES string of the molecule is [2H]c1cccc(C2=NCCN2)c1[2H]. The minimum Gasteiger partial charge on any atom is -0.368 e. The van der Waals surface area contributed by atoms with Crippen LogP contribution in [-0.4, -0.2) is 18.9 Å². The number of nitrogens with zero attached hydrogens (tertiary/aromatic N) is 1. The van der Waals surface area contributed by atoms with E-state index in [1.165, 1.54) is 0 Å². The second-order valence-corrected chi connectivity index (χ2v) is 2.37. The summed E-state index contributed by atoms with van der Waals surface area (Å²) in [7, 11) is 0. The average molecular weight is 148 g/mol. The van der Waals surface area contributed by atoms with Crippen molar-refractivity contribution >= 4 is 5.84 Å². The molecule has 0 spiro atoms. The number of hydrogen-bond donors (Lipinski definition) is 1. The zero-order chi connectivity index (χ0) is 9.26. The van der Waals surface area contributed by atoms with Gasteiger partial charge in [-0.3, -0.25) is 4.99 Å². The second-order valence-electron chi connectivity index (χ2n) is 2.37. The van der Waals surface area contributed by atoms with Crippen LogP contribution >= 0.6 is 0 Å². The van der Waals surface area contributed by atoms with Crippen molar-refractivity contribution in [3.05, 3.63) is 35.8 Å². The zero-order valence-electron chi connectivity index (χ0n) is 8.09. The summed E-state index contributed by atoms with van der Waals surface area (Å²) in [6, 6.07) is 5.70. The van der Waals surface area contributed by atoms with Crippen molar-refractivity contribution in [3.63, 3.8) is 0 Å². The van der Waals surface area contributed by atoms with Crippen LogP contribution in [-0.2, 0) is 0 Å². The van der Waals surface area contributed by atoms with Crippen LogP contribution in [0.2, 0.25) is 0 Å². The molecule has 0 aromatic heterocycles. The van der Waals surface area contributed by atoms with Gasteiger partial charge in [-0.2, -0.15) is 0 Å². The maximum Gasteiger partial charge on any atom is 0.128 e. The molecule has 1 N–H and O–H groups in total. The van der Waals surface area contributed by atoms with Gasteiger partial charge in [0.1, 0.15) is 5.84 Å². The quantitative estimate of drug-likeness (QED) is 0.632. The molecule has 0 radical (unpaired) electrons. The molecule has 1 aliphatic heterocycles. The Morgan fingerprint density at radius 1 is 1.55 bits per heavy atom. The summed E-state index contributed by atoms with van der Waals surface area (Å²) in [6.07, 6.45) is 0. The number of hydrogen-bond acceptors (Lipinski definition) is 2. The Kier molecular flexibility index (Phi) is 1.13. The van der Waals surface area contributed by atoms with Crippen molar-refractivity contribution in [2.45, 2.75) is 0 Å². The van der Waals surface area contributed by atoms with Gasteiger partial charge in [-0.25, -0.2) is 0 Å². The third-order valence-electron chi connectivity index (χ3n) is 1.58. The van der Waals surface area contributed by atoms with E-state index in [-0.39, 0.29) is 12.1 Å². The summed E-state index contributed by atoms with van der Waals surface area (Å²) < 4.78 is 15.1. The van der Waals surface area contributed by atoms with Crippen molar-refractivity contribution in [2.75, 3.05) is 13.1 Å². The van der Waals surface area contributed by atoms with E-state index in [2.05, 4.69) is 10.3 Å². The predicted octanol–water partition coefficient (Wildman–Crippen LogP) is 1.04. The van der Waals surface area contributed by atoms with E-state index in [4.69, 9.17) is 2.74 Å². The minimum absolute atomic E-state index is 0.244. The van der Waals surface area contributed by atoms with Crippen LogP contribution in [0.4, 0.5) is 0 Å². The molecule has 0 bridgehead atoms. The van der Waals surface area contributed by atoms with Gasteiger partial charge in [-0.05, 0) is 0 Å². The largest absolute Gasteiger partial charge is 0.368 e. The molecule has 2 nitrogen and oxygen atoms in total. The second kappa shape index (κ2) is 2.74. The van der Waals surface area contributed by atoms with Crippen molar-refractivity contribution in [1.29, 1.82) is 0 Å². The molecule has 56 valence electrons. The van der Waals surface area contributed by atoms with Gasteiger partial charge in [-0.15, -0.1) is 0 Å². The van der Waals surface area contributed by atoms with E-state index in [1.807, 2.05) is 6.07 Å². The topological polar surface area (TPSA) is 24.4 Å². The highest BCUT2D eigenvalue weighted by Gasteiger charge is 2.05. The first kappa shape index (κ1) is 4.54. The molecule has 2 rings (SSSR count). The number of nitrogens with one attached hydrogen (secondary N) is 1. The summed E-state index contributed by atoms with van der Waals surface area (Å²) in [6.45, 7) is 1.59. The summed E-state index contributed by atoms with van der Waals surface area (Å²) >= 11 is 0. The van der Waals surface area contributed by atoms with Gasteiger partial charge in [-0.1, -0.05) is 30.3 Å². The molecule has 0 unspecified atom stereocenters. The van der Waals surface area contributed by atoms with Gasteiger partial charge >= 0.3 is 0 Å². The third kappa shape index (κ3) is 1.24. The number of rotatable bonds is 1. The molecule has 1 heterocycles. The summed E-state index contributed by atoms with van der Waals surface area (Å²) in [4.78, 5) is 4.21. The normalized spacial score (nSPS) is 18.4. The molecule has 0 atom stereocenters. The minimum atomic E-state index is 0.244. The molecule has 0 amide bonds. The van der Waals surface area contributed by atoms with Gasteiger partial charge in [0.25, 0.3) is 0 Å². The smallest absolute Gasteiger partial charge is 0.128 e. The van der Waals surface area contributed by atoms with Crippen LogP contribution in [0.1, 0.15) is 8.30 Å². The summed E-state index contributed by atoms with van der Waals surface area (Å²) in [5.74, 6) is 0.749. The van der Waals surface area contributed by atoms with E-state index in [1.54, 1.807) is 12.1 Å². The summed E-state index contributed by atoms with van der Waals surface area (Å²) in [5, 5.41) is 3.09. The fourth-order valence-electron chi connectivity index (χ4n) is 1.07. The Bertz CT molecular complexity index is 361. The van der Waals surface area contributed by atoms with Gasteiger partial charge in [0, 0.05) is 12.1 Å². The molecule has 0 saturated carbocycles. The Morgan fingerprint density at radius 2 is 2.55 bits per heavy atom. The molecule has 11 heavy (non-hydrogen) atoms. The highest BCUT2D eigenvalue weighted by molar-refractivity contribution is 5.99. The monoisotopic (exact) mass is 148 g/mol. The Morgan fingerprint density at radius 3 is 3.36 bits per heavy atom. The van der Waals surface area contributed by atoms with E-state index >= 15 is 0 Å². The fourth-order valence-corrected chi connectivity index (χ4v) is 1.07. The van der Waals surface area contributed by atoms with Crippen LogP contribution in [0.3, 0.4) is 0 Å². The van der Waals surface area contributed by atoms with Crippen molar-refractivity contribution in [1.82, 2.24) is 5.32 Å². The molecular formula is C9H10N2. The Hall–Kier alpha value is -1.31. The van der Waals surface area contributed by atoms with Gasteiger partial charge in [0.15, 0.2) is 0 Å². The highest BCUT2D eigenvalue weighted by Crippen LogP contribution is 2.01. The Labute approximate surface area is 68.8 Å². The lowest BCUT2D eigenvalue weighted by Crippen LogP contribution is -2.19. The number of aliphatic imine (C=N–C) groups is 1. The first-order valence-corrected chi connectivity index (χ1v) is 3.64. The fraction of sp³-hybridized carbons (Fsp3) is 0.222. The molecule has 0 aliphatic carbocycles. The van der Waals surface area contributed by atoms with Gasteiger partial charge in [0.05, 0.1) is 9.29 Å². The molecule has 0 saturated heterocycles. The maximum atomic E-state index is 7.65. The Balaban J connectivity index is 2.45. The van der Waals surface area contributed by atoms with Crippen molar-refractivity contribution in [3.8, 4) is 0 Å². The first-order chi connectivity index (χ1) is 6.29. The third-order valence-corrected chi connectivity index (χ3v) is 1.58. The van der Waals surface area contributed by atoms with E-state index in [9.17, 15) is 0 Å². The van der Waals surface area contributed by atoms with Crippen LogP contribution in [0, 0.1) is 0 Å². The van der Waals surface area contributed by atoms with E-state index < -0.39 is 0 Å². The standard InChI is InChI=1S/C9H10N2/c1-2-4-8(5-3-1)9-10-6-7-11-9/h1-5H,6-7H2,(H,10,11)/i2D,4D. The van der Waals surface area contributed by atoms with Crippen LogP contribution < -0.4 is 5.32 Å². The number of benzene rings is 1. The molecule has 1 aliphatic rings. The molecular weight excluding hydrogens is 136 g/mol. The van der Waals surface area contributed by atoms with Gasteiger partial charge < -0.3 is 5.32 Å². The van der Waals surface area contributed by atoms with Crippen LogP contribution in [0.5, 0.6) is 0 Å². The summed E-state index contributed by atoms with van der Waals surface area (Å²) in [5.41, 5.74) is 0.727. The van der Waals surface area contributed by atoms with Crippen LogP contribution in [0.25, 0.3) is 0 Å². The van der Waals surface area contributed by atoms with E-state index in [0.29, 0.717) is 0 Å². The average Bonchev–Trinajstić information content (AvgIpc) is 2.62. The highest BCUT2D eigenvalue weighted by atomic mass is 15.1. The maximum absolute atomic E-state index is 7.65. The van der Waals surface area contributed by atoms with Gasteiger partial charge in [0.2, 0.25) is 0 Å². The van der Waals surface area contributed by atoms with Crippen LogP contribution in [0.15, 0.2) is 35.3 Å². The lowest BCUT2D eigenvalue weighted by atomic mass is 10.2.